The van der Waals surface area contributed by atoms with Crippen molar-refractivity contribution in [1.29, 1.82) is 0 Å². The zero-order valence-corrected chi connectivity index (χ0v) is 26.3. The molecule has 2 N–H and O–H groups in total. The monoisotopic (exact) mass is 610 g/mol. The van der Waals surface area contributed by atoms with E-state index >= 15 is 0 Å². The van der Waals surface area contributed by atoms with E-state index < -0.39 is 12.0 Å². The molecule has 0 unspecified atom stereocenters. The minimum atomic E-state index is -0.491. The first kappa shape index (κ1) is 34.5. The second kappa shape index (κ2) is 16.2. The molecule has 44 heavy (non-hydrogen) atoms. The van der Waals surface area contributed by atoms with Crippen LogP contribution in [0.2, 0.25) is 0 Å². The number of ether oxygens (including phenoxy) is 4. The van der Waals surface area contributed by atoms with Crippen molar-refractivity contribution in [1.82, 2.24) is 0 Å². The number of aliphatic hydroxyl groups is 1. The van der Waals surface area contributed by atoms with Crippen LogP contribution in [0.1, 0.15) is 57.2 Å². The third-order valence-corrected chi connectivity index (χ3v) is 7.01. The summed E-state index contributed by atoms with van der Waals surface area (Å²) in [6.07, 6.45) is 4.63. The first-order valence-electron chi connectivity index (χ1n) is 14.5. The van der Waals surface area contributed by atoms with Gasteiger partial charge in [0.1, 0.15) is 47.0 Å². The number of hydrogen-bond acceptors (Lipinski definition) is 10. The Balaban J connectivity index is 2.29. The summed E-state index contributed by atoms with van der Waals surface area (Å²) in [4.78, 5) is 38.8. The topological polar surface area (TPSA) is 142 Å². The number of carbonyl (C=O) groups excluding carboxylic acids is 2. The number of hydrogen-bond donors (Lipinski definition) is 2. The third kappa shape index (κ3) is 8.56. The van der Waals surface area contributed by atoms with Gasteiger partial charge in [-0.3, -0.25) is 14.4 Å². The molecule has 3 aromatic rings. The normalized spacial score (nSPS) is 11.1. The van der Waals surface area contributed by atoms with E-state index in [1.807, 2.05) is 39.8 Å². The van der Waals surface area contributed by atoms with Crippen molar-refractivity contribution >= 4 is 33.5 Å². The number of phenols is 1. The molecule has 0 saturated carbocycles. The molecule has 1 aromatic heterocycles. The number of fused-ring (bicyclic) bond motifs is 2. The fourth-order valence-corrected chi connectivity index (χ4v) is 4.62. The Morgan fingerprint density at radius 3 is 1.73 bits per heavy atom. The standard InChI is InChI=1S/C34H42O10/c1-20(2)7-9-24-26(17-35)28(43-19-23(37)12-14-41-6)16-29-31(24)34(39)32-30(44-29)15-27(42-18-22(36)11-13-40-5)25(33(32)38)10-8-21(3)4/h7-8,15-16,35,38H,9-14,17-19H2,1-6H3. The van der Waals surface area contributed by atoms with Crippen molar-refractivity contribution in [2.45, 2.75) is 60.0 Å². The summed E-state index contributed by atoms with van der Waals surface area (Å²) < 4.78 is 27.8. The van der Waals surface area contributed by atoms with E-state index in [4.69, 9.17) is 23.4 Å². The van der Waals surface area contributed by atoms with Gasteiger partial charge in [0.05, 0.1) is 25.2 Å². The van der Waals surface area contributed by atoms with E-state index in [1.165, 1.54) is 26.4 Å². The maximum Gasteiger partial charge on any atom is 0.204 e. The number of aliphatic hydroxyl groups excluding tert-OH is 1. The molecule has 10 heteroatoms. The molecule has 0 aliphatic rings. The van der Waals surface area contributed by atoms with Crippen molar-refractivity contribution < 1.29 is 43.2 Å². The lowest BCUT2D eigenvalue weighted by molar-refractivity contribution is -0.122. The van der Waals surface area contributed by atoms with Crippen molar-refractivity contribution in [2.24, 2.45) is 0 Å². The Morgan fingerprint density at radius 1 is 0.773 bits per heavy atom. The van der Waals surface area contributed by atoms with Gasteiger partial charge in [0, 0.05) is 50.3 Å². The summed E-state index contributed by atoms with van der Waals surface area (Å²) in [5, 5.41) is 22.0. The first-order chi connectivity index (χ1) is 21.0. The van der Waals surface area contributed by atoms with Gasteiger partial charge in [-0.25, -0.2) is 0 Å². The molecule has 0 atom stereocenters. The molecule has 0 spiro atoms. The number of ketones is 2. The van der Waals surface area contributed by atoms with Crippen molar-refractivity contribution in [2.75, 3.05) is 40.6 Å². The van der Waals surface area contributed by atoms with Crippen LogP contribution in [0.4, 0.5) is 0 Å². The van der Waals surface area contributed by atoms with E-state index in [0.717, 1.165) is 11.1 Å². The summed E-state index contributed by atoms with van der Waals surface area (Å²) in [5.41, 5.74) is 2.84. The molecule has 2 aromatic carbocycles. The number of methoxy groups -OCH3 is 2. The largest absolute Gasteiger partial charge is 0.507 e. The third-order valence-electron chi connectivity index (χ3n) is 7.01. The number of phenolic OH excluding ortho intramolecular Hbond substituents is 1. The highest BCUT2D eigenvalue weighted by Crippen LogP contribution is 2.39. The number of allylic oxidation sites excluding steroid dienone is 4. The molecule has 0 fully saturated rings. The Labute approximate surface area is 256 Å². The minimum Gasteiger partial charge on any atom is -0.507 e. The van der Waals surface area contributed by atoms with Crippen molar-refractivity contribution in [3.8, 4) is 17.2 Å². The van der Waals surface area contributed by atoms with Gasteiger partial charge in [-0.05, 0) is 46.1 Å². The number of benzene rings is 2. The maximum atomic E-state index is 14.2. The highest BCUT2D eigenvalue weighted by atomic mass is 16.5. The van der Waals surface area contributed by atoms with Crippen LogP contribution in [0.3, 0.4) is 0 Å². The van der Waals surface area contributed by atoms with Gasteiger partial charge in [-0.1, -0.05) is 23.3 Å². The number of carbonyl (C=O) groups is 2. The van der Waals surface area contributed by atoms with E-state index in [2.05, 4.69) is 0 Å². The number of rotatable bonds is 17. The van der Waals surface area contributed by atoms with Gasteiger partial charge in [0.25, 0.3) is 0 Å². The smallest absolute Gasteiger partial charge is 0.204 e. The molecule has 238 valence electrons. The number of aromatic hydroxyl groups is 1. The Bertz CT molecular complexity index is 1620. The maximum absolute atomic E-state index is 14.2. The molecular formula is C34H42O10. The molecule has 0 aliphatic carbocycles. The van der Waals surface area contributed by atoms with Crippen LogP contribution in [0.25, 0.3) is 21.9 Å². The zero-order chi connectivity index (χ0) is 32.4. The van der Waals surface area contributed by atoms with Crippen LogP contribution in [0.15, 0.2) is 44.6 Å². The Hall–Kier alpha value is -3.99. The van der Waals surface area contributed by atoms with Crippen LogP contribution in [-0.4, -0.2) is 62.4 Å². The summed E-state index contributed by atoms with van der Waals surface area (Å²) in [6.45, 7) is 7.18. The predicted molar refractivity (Wildman–Crippen MR) is 168 cm³/mol. The van der Waals surface area contributed by atoms with E-state index in [9.17, 15) is 24.6 Å². The molecule has 10 nitrogen and oxygen atoms in total. The summed E-state index contributed by atoms with van der Waals surface area (Å²) in [5.74, 6) is -0.287. The zero-order valence-electron chi connectivity index (χ0n) is 26.3. The average molecular weight is 611 g/mol. The quantitative estimate of drug-likeness (QED) is 0.156. The van der Waals surface area contributed by atoms with Gasteiger partial charge < -0.3 is 33.6 Å². The predicted octanol–water partition coefficient (Wildman–Crippen LogP) is 5.13. The molecule has 0 bridgehead atoms. The van der Waals surface area contributed by atoms with Gasteiger partial charge >= 0.3 is 0 Å². The van der Waals surface area contributed by atoms with Gasteiger partial charge in [0.15, 0.2) is 11.6 Å². The van der Waals surface area contributed by atoms with Crippen molar-refractivity contribution in [3.63, 3.8) is 0 Å². The Morgan fingerprint density at radius 2 is 1.25 bits per heavy atom. The lowest BCUT2D eigenvalue weighted by Gasteiger charge is -2.18. The molecule has 0 radical (unpaired) electrons. The molecule has 0 aliphatic heterocycles. The number of Topliss-reactive ketones (excluding diaryl/α,β-unsaturated/α-hetero) is 2. The summed E-state index contributed by atoms with van der Waals surface area (Å²) >= 11 is 0. The van der Waals surface area contributed by atoms with Gasteiger partial charge in [-0.15, -0.1) is 0 Å². The molecule has 0 amide bonds. The van der Waals surface area contributed by atoms with Crippen LogP contribution in [0, 0.1) is 0 Å². The van der Waals surface area contributed by atoms with Crippen LogP contribution in [-0.2, 0) is 38.5 Å². The highest BCUT2D eigenvalue weighted by Gasteiger charge is 2.24. The van der Waals surface area contributed by atoms with Crippen LogP contribution < -0.4 is 14.9 Å². The van der Waals surface area contributed by atoms with Crippen molar-refractivity contribution in [3.05, 3.63) is 62.3 Å². The average Bonchev–Trinajstić information content (AvgIpc) is 2.98. The lowest BCUT2D eigenvalue weighted by Crippen LogP contribution is -2.16. The minimum absolute atomic E-state index is 0.0431. The second-order valence-corrected chi connectivity index (χ2v) is 11.0. The van der Waals surface area contributed by atoms with Gasteiger partial charge in [-0.2, -0.15) is 0 Å². The molecule has 0 saturated heterocycles. The highest BCUT2D eigenvalue weighted by molar-refractivity contribution is 5.97. The van der Waals surface area contributed by atoms with E-state index in [1.54, 1.807) is 0 Å². The van der Waals surface area contributed by atoms with E-state index in [0.29, 0.717) is 16.7 Å². The van der Waals surface area contributed by atoms with Crippen LogP contribution >= 0.6 is 0 Å². The lowest BCUT2D eigenvalue weighted by atomic mass is 9.95. The fraction of sp³-hybridized carbons (Fsp3) is 0.441. The van der Waals surface area contributed by atoms with E-state index in [-0.39, 0.29) is 103 Å². The second-order valence-electron chi connectivity index (χ2n) is 11.0. The summed E-state index contributed by atoms with van der Waals surface area (Å²) in [6, 6.07) is 2.97. The Kier molecular flexibility index (Phi) is 12.7. The summed E-state index contributed by atoms with van der Waals surface area (Å²) in [7, 11) is 3.00. The fourth-order valence-electron chi connectivity index (χ4n) is 4.62. The van der Waals surface area contributed by atoms with Gasteiger partial charge in [0.2, 0.25) is 5.43 Å². The van der Waals surface area contributed by atoms with Crippen LogP contribution in [0.5, 0.6) is 17.2 Å². The molecule has 3 rings (SSSR count). The molecule has 1 heterocycles. The SMILES string of the molecule is COCCC(=O)COc1cc2oc3cc(OCC(=O)CCOC)c(CO)c(CC=C(C)C)c3c(=O)c2c(O)c1CC=C(C)C. The molecular weight excluding hydrogens is 568 g/mol. The first-order valence-corrected chi connectivity index (χ1v) is 14.5.